The second-order valence-electron chi connectivity index (χ2n) is 8.57. The summed E-state index contributed by atoms with van der Waals surface area (Å²) >= 11 is 0. The standard InChI is InChI=1S/C26H23F4N5O4/c1-2-39-22-15(12-20(31)36)11-19(35-21(22)14-3-5-16(27)6-4-14)25(38,26(28,29)30)13-34-24(37)18-8-10-33-23-17(18)7-9-32-23/h3-11,38H,2,12-13H2,1H3,(H2,31,36)(H,32,33)(H,34,37)/t25-/m0/s1. The maximum absolute atomic E-state index is 14.4. The minimum atomic E-state index is -5.33. The number of benzene rings is 1. The summed E-state index contributed by atoms with van der Waals surface area (Å²) in [5.74, 6) is -2.43. The third-order valence-corrected chi connectivity index (χ3v) is 5.92. The molecule has 4 aromatic rings. The zero-order valence-electron chi connectivity index (χ0n) is 20.5. The fraction of sp³-hybridized carbons (Fsp3) is 0.231. The largest absolute Gasteiger partial charge is 0.491 e. The third-order valence-electron chi connectivity index (χ3n) is 5.92. The van der Waals surface area contributed by atoms with Crippen LogP contribution in [0.1, 0.15) is 28.5 Å². The van der Waals surface area contributed by atoms with E-state index in [4.69, 9.17) is 10.5 Å². The number of aromatic nitrogens is 3. The highest BCUT2D eigenvalue weighted by atomic mass is 19.4. The first-order valence-electron chi connectivity index (χ1n) is 11.7. The van der Waals surface area contributed by atoms with Crippen LogP contribution in [-0.4, -0.2) is 51.2 Å². The summed E-state index contributed by atoms with van der Waals surface area (Å²) in [7, 11) is 0. The number of ether oxygens (including phenoxy) is 1. The second kappa shape index (κ2) is 10.7. The lowest BCUT2D eigenvalue weighted by Gasteiger charge is -2.31. The van der Waals surface area contributed by atoms with Crippen LogP contribution in [0.5, 0.6) is 5.75 Å². The molecule has 13 heteroatoms. The molecule has 0 saturated carbocycles. The third kappa shape index (κ3) is 5.53. The predicted octanol–water partition coefficient (Wildman–Crippen LogP) is 3.37. The topological polar surface area (TPSA) is 143 Å². The van der Waals surface area contributed by atoms with Crippen molar-refractivity contribution in [3.05, 3.63) is 77.5 Å². The Labute approximate surface area is 219 Å². The van der Waals surface area contributed by atoms with Crippen molar-refractivity contribution in [3.8, 4) is 17.0 Å². The number of hydrogen-bond acceptors (Lipinski definition) is 6. The predicted molar refractivity (Wildman–Crippen MR) is 132 cm³/mol. The van der Waals surface area contributed by atoms with E-state index in [9.17, 15) is 32.3 Å². The number of nitrogens with two attached hydrogens (primary N) is 1. The van der Waals surface area contributed by atoms with Crippen LogP contribution in [0.4, 0.5) is 17.6 Å². The van der Waals surface area contributed by atoms with Crippen LogP contribution in [-0.2, 0) is 16.8 Å². The van der Waals surface area contributed by atoms with Crippen molar-refractivity contribution in [1.29, 1.82) is 0 Å². The van der Waals surface area contributed by atoms with Crippen LogP contribution in [0.25, 0.3) is 22.3 Å². The van der Waals surface area contributed by atoms with Crippen molar-refractivity contribution in [1.82, 2.24) is 20.3 Å². The fourth-order valence-corrected chi connectivity index (χ4v) is 4.02. The van der Waals surface area contributed by atoms with Crippen molar-refractivity contribution < 1.29 is 37.0 Å². The van der Waals surface area contributed by atoms with Gasteiger partial charge in [0.15, 0.2) is 0 Å². The van der Waals surface area contributed by atoms with E-state index >= 15 is 0 Å². The van der Waals surface area contributed by atoms with Gasteiger partial charge in [0.1, 0.15) is 22.9 Å². The van der Waals surface area contributed by atoms with Gasteiger partial charge in [-0.1, -0.05) is 0 Å². The zero-order valence-corrected chi connectivity index (χ0v) is 20.5. The molecule has 2 amide bonds. The average Bonchev–Trinajstić information content (AvgIpc) is 3.36. The summed E-state index contributed by atoms with van der Waals surface area (Å²) in [4.78, 5) is 35.5. The maximum Gasteiger partial charge on any atom is 0.424 e. The van der Waals surface area contributed by atoms with Crippen molar-refractivity contribution in [2.24, 2.45) is 5.73 Å². The fourth-order valence-electron chi connectivity index (χ4n) is 4.02. The maximum atomic E-state index is 14.4. The van der Waals surface area contributed by atoms with Gasteiger partial charge in [-0.25, -0.2) is 14.4 Å². The molecule has 1 aromatic carbocycles. The minimum absolute atomic E-state index is 0.0341. The number of amides is 2. The molecule has 1 atom stereocenters. The average molecular weight is 545 g/mol. The van der Waals surface area contributed by atoms with Gasteiger partial charge in [0.25, 0.3) is 5.91 Å². The van der Waals surface area contributed by atoms with E-state index in [1.165, 1.54) is 36.7 Å². The number of primary amides is 1. The smallest absolute Gasteiger partial charge is 0.424 e. The molecule has 4 rings (SSSR count). The highest BCUT2D eigenvalue weighted by Gasteiger charge is 2.56. The Morgan fingerprint density at radius 2 is 1.87 bits per heavy atom. The highest BCUT2D eigenvalue weighted by Crippen LogP contribution is 2.42. The Kier molecular flexibility index (Phi) is 7.54. The van der Waals surface area contributed by atoms with Gasteiger partial charge in [0.05, 0.1) is 30.8 Å². The molecule has 0 bridgehead atoms. The van der Waals surface area contributed by atoms with Gasteiger partial charge in [0, 0.05) is 28.9 Å². The zero-order chi connectivity index (χ0) is 28.4. The van der Waals surface area contributed by atoms with E-state index in [0.29, 0.717) is 11.0 Å². The lowest BCUT2D eigenvalue weighted by atomic mass is 9.93. The molecule has 0 aliphatic rings. The van der Waals surface area contributed by atoms with Crippen molar-refractivity contribution in [2.45, 2.75) is 25.1 Å². The number of rotatable bonds is 9. The number of H-pyrrole nitrogens is 1. The van der Waals surface area contributed by atoms with Gasteiger partial charge in [-0.2, -0.15) is 13.2 Å². The van der Waals surface area contributed by atoms with Gasteiger partial charge in [-0.05, 0) is 49.4 Å². The number of carbonyl (C=O) groups is 2. The molecule has 3 heterocycles. The molecular weight excluding hydrogens is 522 g/mol. The van der Waals surface area contributed by atoms with Crippen LogP contribution in [0.15, 0.2) is 54.9 Å². The van der Waals surface area contributed by atoms with E-state index in [0.717, 1.165) is 18.2 Å². The molecule has 0 spiro atoms. The van der Waals surface area contributed by atoms with E-state index in [2.05, 4.69) is 20.3 Å². The van der Waals surface area contributed by atoms with Crippen molar-refractivity contribution in [3.63, 3.8) is 0 Å². The van der Waals surface area contributed by atoms with Crippen LogP contribution in [0.3, 0.4) is 0 Å². The minimum Gasteiger partial charge on any atom is -0.491 e. The molecule has 9 nitrogen and oxygen atoms in total. The lowest BCUT2D eigenvalue weighted by Crippen LogP contribution is -2.51. The number of nitrogens with zero attached hydrogens (tertiary/aromatic N) is 2. The summed E-state index contributed by atoms with van der Waals surface area (Å²) in [5.41, 5.74) is 1.000. The Balaban J connectivity index is 1.82. The summed E-state index contributed by atoms with van der Waals surface area (Å²) in [6.45, 7) is 0.349. The Bertz CT molecular complexity index is 1520. The Hall–Kier alpha value is -4.52. The quantitative estimate of drug-likeness (QED) is 0.238. The molecular formula is C26H23F4N5O4. The number of pyridine rings is 2. The molecule has 0 fully saturated rings. The number of nitrogens with one attached hydrogen (secondary N) is 2. The number of carbonyl (C=O) groups excluding carboxylic acids is 2. The molecule has 204 valence electrons. The first-order chi connectivity index (χ1) is 18.4. The number of aromatic amines is 1. The summed E-state index contributed by atoms with van der Waals surface area (Å²) in [6, 6.07) is 8.38. The number of halogens is 4. The Morgan fingerprint density at radius 1 is 1.15 bits per heavy atom. The molecule has 3 aromatic heterocycles. The van der Waals surface area contributed by atoms with Crippen molar-refractivity contribution in [2.75, 3.05) is 13.2 Å². The van der Waals surface area contributed by atoms with Crippen LogP contribution in [0, 0.1) is 5.82 Å². The van der Waals surface area contributed by atoms with Gasteiger partial charge in [0.2, 0.25) is 11.5 Å². The van der Waals surface area contributed by atoms with Crippen molar-refractivity contribution >= 4 is 22.8 Å². The number of fused-ring (bicyclic) bond motifs is 1. The molecule has 0 unspecified atom stereocenters. The highest BCUT2D eigenvalue weighted by molar-refractivity contribution is 6.05. The van der Waals surface area contributed by atoms with Gasteiger partial charge in [-0.15, -0.1) is 0 Å². The van der Waals surface area contributed by atoms with Crippen LogP contribution in [0.2, 0.25) is 0 Å². The first-order valence-corrected chi connectivity index (χ1v) is 11.7. The van der Waals surface area contributed by atoms with Gasteiger partial charge in [-0.3, -0.25) is 9.59 Å². The van der Waals surface area contributed by atoms with E-state index in [1.807, 2.05) is 0 Å². The summed E-state index contributed by atoms with van der Waals surface area (Å²) < 4.78 is 62.5. The number of aliphatic hydroxyl groups is 1. The summed E-state index contributed by atoms with van der Waals surface area (Å²) in [5, 5.41) is 13.5. The van der Waals surface area contributed by atoms with E-state index in [-0.39, 0.29) is 34.7 Å². The molecule has 0 radical (unpaired) electrons. The number of alkyl halides is 3. The van der Waals surface area contributed by atoms with Gasteiger partial charge < -0.3 is 25.9 Å². The lowest BCUT2D eigenvalue weighted by molar-refractivity contribution is -0.265. The van der Waals surface area contributed by atoms with Gasteiger partial charge >= 0.3 is 6.18 Å². The monoisotopic (exact) mass is 545 g/mol. The molecule has 5 N–H and O–H groups in total. The molecule has 0 saturated heterocycles. The SMILES string of the molecule is CCOc1c(CC(N)=O)cc([C@@](O)(CNC(=O)c2ccnc3[nH]ccc23)C(F)(F)F)nc1-c1ccc(F)cc1. The molecule has 0 aliphatic heterocycles. The first kappa shape index (κ1) is 27.5. The Morgan fingerprint density at radius 3 is 2.51 bits per heavy atom. The summed E-state index contributed by atoms with van der Waals surface area (Å²) in [6.07, 6.45) is -3.04. The van der Waals surface area contributed by atoms with E-state index in [1.54, 1.807) is 6.92 Å². The second-order valence-corrected chi connectivity index (χ2v) is 8.57. The van der Waals surface area contributed by atoms with Crippen LogP contribution < -0.4 is 15.8 Å². The van der Waals surface area contributed by atoms with Crippen LogP contribution >= 0.6 is 0 Å². The molecule has 39 heavy (non-hydrogen) atoms. The molecule has 0 aliphatic carbocycles. The normalized spacial score (nSPS) is 13.2. The van der Waals surface area contributed by atoms with E-state index < -0.39 is 48.1 Å². The number of hydrogen-bond donors (Lipinski definition) is 4.